The van der Waals surface area contributed by atoms with Gasteiger partial charge in [-0.3, -0.25) is 24.6 Å². The summed E-state index contributed by atoms with van der Waals surface area (Å²) in [5.41, 5.74) is 0.754. The number of unbranched alkanes of at least 4 members (excludes halogenated alkanes) is 3. The first-order valence-corrected chi connectivity index (χ1v) is 17.7. The van der Waals surface area contributed by atoms with Crippen molar-refractivity contribution in [3.63, 3.8) is 0 Å². The molecule has 2 atom stereocenters. The van der Waals surface area contributed by atoms with E-state index in [9.17, 15) is 19.2 Å². The minimum Gasteiger partial charge on any atom is -0.489 e. The van der Waals surface area contributed by atoms with Crippen LogP contribution in [0.25, 0.3) is 0 Å². The van der Waals surface area contributed by atoms with E-state index in [1.165, 1.54) is 4.90 Å². The lowest BCUT2D eigenvalue weighted by molar-refractivity contribution is -0.154. The van der Waals surface area contributed by atoms with Crippen LogP contribution in [0.3, 0.4) is 0 Å². The van der Waals surface area contributed by atoms with Crippen LogP contribution in [0, 0.1) is 5.92 Å². The van der Waals surface area contributed by atoms with Crippen LogP contribution < -0.4 is 15.0 Å². The lowest BCUT2D eigenvalue weighted by Gasteiger charge is -2.31. The van der Waals surface area contributed by atoms with Crippen molar-refractivity contribution in [1.29, 1.82) is 0 Å². The number of nitrogens with zero attached hydrogens (tertiary/aromatic N) is 2. The van der Waals surface area contributed by atoms with Gasteiger partial charge in [0, 0.05) is 13.1 Å². The summed E-state index contributed by atoms with van der Waals surface area (Å²) in [6.45, 7) is 8.75. The highest BCUT2D eigenvalue weighted by atomic mass is 16.6. The van der Waals surface area contributed by atoms with Crippen LogP contribution in [-0.4, -0.2) is 79.4 Å². The van der Waals surface area contributed by atoms with Gasteiger partial charge in [0.05, 0.1) is 12.3 Å². The number of ether oxygens (including phenoxy) is 4. The van der Waals surface area contributed by atoms with E-state index in [4.69, 9.17) is 18.9 Å². The van der Waals surface area contributed by atoms with Crippen molar-refractivity contribution in [1.82, 2.24) is 10.2 Å². The molecule has 1 N–H and O–H groups in total. The Hall–Kier alpha value is -4.12. The Labute approximate surface area is 290 Å². The fraction of sp³-hybridized carbons (Fsp3) is 0.579. The zero-order valence-corrected chi connectivity index (χ0v) is 29.5. The molecule has 1 saturated heterocycles. The third-order valence-electron chi connectivity index (χ3n) is 8.74. The average Bonchev–Trinajstić information content (AvgIpc) is 3.20. The van der Waals surface area contributed by atoms with E-state index in [1.807, 2.05) is 35.2 Å². The summed E-state index contributed by atoms with van der Waals surface area (Å²) >= 11 is 0. The number of nitrogens with one attached hydrogen (secondary N) is 1. The van der Waals surface area contributed by atoms with Crippen molar-refractivity contribution in [3.05, 3.63) is 60.2 Å². The molecule has 0 bridgehead atoms. The summed E-state index contributed by atoms with van der Waals surface area (Å²) in [5, 5.41) is 3.21. The number of carbonyl (C=O) groups is 4. The molecule has 2 amide bonds. The molecule has 2 aliphatic rings. The van der Waals surface area contributed by atoms with Gasteiger partial charge in [0.15, 0.2) is 0 Å². The zero-order chi connectivity index (χ0) is 35.2. The Morgan fingerprint density at radius 3 is 2.35 bits per heavy atom. The molecule has 268 valence electrons. The topological polar surface area (TPSA) is 124 Å². The van der Waals surface area contributed by atoms with Crippen LogP contribution in [0.1, 0.15) is 84.6 Å². The second kappa shape index (κ2) is 18.6. The molecule has 0 aromatic heterocycles. The molecule has 0 saturated carbocycles. The Bertz CT molecular complexity index is 1370. The van der Waals surface area contributed by atoms with Crippen LogP contribution in [-0.2, 0) is 35.2 Å². The average molecular weight is 680 g/mol. The summed E-state index contributed by atoms with van der Waals surface area (Å²) in [7, 11) is 0. The monoisotopic (exact) mass is 679 g/mol. The first-order valence-electron chi connectivity index (χ1n) is 17.7. The van der Waals surface area contributed by atoms with Crippen molar-refractivity contribution in [2.24, 2.45) is 5.92 Å². The second-order valence-electron chi connectivity index (χ2n) is 13.8. The summed E-state index contributed by atoms with van der Waals surface area (Å²) in [4.78, 5) is 55.3. The molecule has 11 heteroatoms. The van der Waals surface area contributed by atoms with Gasteiger partial charge in [-0.2, -0.15) is 0 Å². The smallest absolute Gasteiger partial charge is 0.410 e. The Morgan fingerprint density at radius 2 is 1.63 bits per heavy atom. The van der Waals surface area contributed by atoms with E-state index in [0.29, 0.717) is 23.8 Å². The molecule has 2 aliphatic heterocycles. The molecular weight excluding hydrogens is 626 g/mol. The fourth-order valence-electron chi connectivity index (χ4n) is 6.24. The molecule has 2 aromatic rings. The zero-order valence-electron chi connectivity index (χ0n) is 29.5. The first kappa shape index (κ1) is 37.7. The van der Waals surface area contributed by atoms with Crippen molar-refractivity contribution < 1.29 is 38.1 Å². The first-order chi connectivity index (χ1) is 23.5. The number of para-hydroxylation sites is 2. The molecule has 0 spiro atoms. The third-order valence-corrected chi connectivity index (χ3v) is 8.74. The minimum atomic E-state index is -0.870. The Kier molecular flexibility index (Phi) is 14.3. The largest absolute Gasteiger partial charge is 0.489 e. The molecule has 11 nitrogen and oxygen atoms in total. The van der Waals surface area contributed by atoms with Crippen LogP contribution in [0.15, 0.2) is 54.6 Å². The highest BCUT2D eigenvalue weighted by molar-refractivity contribution is 6.02. The van der Waals surface area contributed by atoms with Gasteiger partial charge < -0.3 is 23.8 Å². The summed E-state index contributed by atoms with van der Waals surface area (Å²) in [5.74, 6) is -0.262. The predicted octanol–water partition coefficient (Wildman–Crippen LogP) is 6.03. The molecule has 0 aliphatic carbocycles. The van der Waals surface area contributed by atoms with Gasteiger partial charge in [-0.15, -0.1) is 0 Å². The van der Waals surface area contributed by atoms with Gasteiger partial charge in [-0.25, -0.2) is 4.79 Å². The van der Waals surface area contributed by atoms with E-state index in [0.717, 1.165) is 63.6 Å². The van der Waals surface area contributed by atoms with Gasteiger partial charge in [0.2, 0.25) is 5.91 Å². The van der Waals surface area contributed by atoms with Crippen LogP contribution in [0.2, 0.25) is 0 Å². The fourth-order valence-corrected chi connectivity index (χ4v) is 6.24. The molecule has 0 radical (unpaired) electrons. The van der Waals surface area contributed by atoms with Crippen LogP contribution in [0.5, 0.6) is 5.75 Å². The third kappa shape index (κ3) is 12.1. The maximum absolute atomic E-state index is 13.8. The molecule has 4 rings (SSSR count). The normalized spacial score (nSPS) is 17.4. The number of carbonyl (C=O) groups excluding carboxylic acids is 4. The summed E-state index contributed by atoms with van der Waals surface area (Å²) in [6, 6.07) is 15.2. The number of amides is 2. The molecule has 2 heterocycles. The quantitative estimate of drug-likeness (QED) is 0.137. The number of fused-ring (bicyclic) bond motifs is 1. The Balaban J connectivity index is 1.22. The van der Waals surface area contributed by atoms with Crippen molar-refractivity contribution in [3.8, 4) is 5.75 Å². The van der Waals surface area contributed by atoms with Gasteiger partial charge >= 0.3 is 18.0 Å². The van der Waals surface area contributed by atoms with E-state index >= 15 is 0 Å². The number of anilines is 1. The van der Waals surface area contributed by atoms with Gasteiger partial charge in [0.25, 0.3) is 0 Å². The maximum atomic E-state index is 13.8. The summed E-state index contributed by atoms with van der Waals surface area (Å²) < 4.78 is 22.4. The van der Waals surface area contributed by atoms with Crippen molar-refractivity contribution in [2.75, 3.05) is 37.7 Å². The molecule has 0 unspecified atom stereocenters. The highest BCUT2D eigenvalue weighted by Gasteiger charge is 2.36. The molecule has 49 heavy (non-hydrogen) atoms. The van der Waals surface area contributed by atoms with Crippen molar-refractivity contribution in [2.45, 2.75) is 103 Å². The van der Waals surface area contributed by atoms with Crippen LogP contribution >= 0.6 is 0 Å². The maximum Gasteiger partial charge on any atom is 0.410 e. The SMILES string of the molecule is CCOC(=O)[C@H](CCCCCCC1CCN(C(=O)OCc2ccccc2)CC1)N[C@H]1COc2ccccc2N(CC(=O)OC(C)(C)C)C1=O. The standard InChI is InChI=1S/C38H53N3O8/c1-5-46-36(44)30(39-31-27-47-33-20-14-13-19-32(33)41(35(31)43)25-34(42)49-38(2,3)4)18-12-7-6-9-15-28-21-23-40(24-22-28)37(45)48-26-29-16-10-8-11-17-29/h8,10-11,13-14,16-17,19-20,28,30-31,39H,5-7,9,12,15,18,21-27H2,1-4H3/t30-,31-/m0/s1. The number of likely N-dealkylation sites (tertiary alicyclic amines) is 1. The highest BCUT2D eigenvalue weighted by Crippen LogP contribution is 2.31. The number of hydrogen-bond acceptors (Lipinski definition) is 9. The van der Waals surface area contributed by atoms with Gasteiger partial charge in [0.1, 0.15) is 43.2 Å². The number of benzene rings is 2. The number of piperidine rings is 1. The lowest BCUT2D eigenvalue weighted by Crippen LogP contribution is -2.55. The van der Waals surface area contributed by atoms with Gasteiger partial charge in [-0.05, 0) is 70.6 Å². The number of esters is 2. The van der Waals surface area contributed by atoms with Gasteiger partial charge in [-0.1, -0.05) is 74.6 Å². The predicted molar refractivity (Wildman–Crippen MR) is 186 cm³/mol. The Morgan fingerprint density at radius 1 is 0.939 bits per heavy atom. The van der Waals surface area contributed by atoms with Crippen LogP contribution in [0.4, 0.5) is 10.5 Å². The number of hydrogen-bond donors (Lipinski definition) is 1. The van der Waals surface area contributed by atoms with E-state index in [1.54, 1.807) is 52.0 Å². The second-order valence-corrected chi connectivity index (χ2v) is 13.8. The van der Waals surface area contributed by atoms with E-state index < -0.39 is 29.6 Å². The minimum absolute atomic E-state index is 0.000135. The van der Waals surface area contributed by atoms with Crippen molar-refractivity contribution >= 4 is 29.6 Å². The molecule has 1 fully saturated rings. The molecule has 2 aromatic carbocycles. The van der Waals surface area contributed by atoms with E-state index in [2.05, 4.69) is 5.32 Å². The summed E-state index contributed by atoms with van der Waals surface area (Å²) in [6.07, 6.45) is 7.14. The van der Waals surface area contributed by atoms with E-state index in [-0.39, 0.29) is 38.4 Å². The molecular formula is C38H53N3O8. The lowest BCUT2D eigenvalue weighted by atomic mass is 9.91. The number of rotatable bonds is 15.